The Hall–Kier alpha value is -1.36. The van der Waals surface area contributed by atoms with Gasteiger partial charge in [-0.15, -0.1) is 0 Å². The maximum Gasteiger partial charge on any atom is 0.238 e. The van der Waals surface area contributed by atoms with Gasteiger partial charge in [0, 0.05) is 30.5 Å². The van der Waals surface area contributed by atoms with Crippen LogP contribution in [0.5, 0.6) is 0 Å². The second-order valence-electron chi connectivity index (χ2n) is 11.9. The second kappa shape index (κ2) is 7.40. The van der Waals surface area contributed by atoms with Crippen LogP contribution in [-0.4, -0.2) is 22.4 Å². The van der Waals surface area contributed by atoms with E-state index >= 15 is 0 Å². The van der Waals surface area contributed by atoms with Crippen molar-refractivity contribution >= 4 is 11.7 Å². The molecule has 1 amide bonds. The molecule has 0 aromatic rings. The van der Waals surface area contributed by atoms with Crippen molar-refractivity contribution in [3.8, 4) is 0 Å². The minimum atomic E-state index is -0.835. The van der Waals surface area contributed by atoms with Gasteiger partial charge in [0.2, 0.25) is 5.91 Å². The molecule has 0 unspecified atom stereocenters. The largest absolute Gasteiger partial charge is 0.390 e. The fraction of sp³-hybridized carbons (Fsp3) is 0.833. The summed E-state index contributed by atoms with van der Waals surface area (Å²) >= 11 is 0. The van der Waals surface area contributed by atoms with Crippen LogP contribution in [0.2, 0.25) is 0 Å². The molecule has 3 aliphatic carbocycles. The molecule has 0 radical (unpaired) electrons. The van der Waals surface area contributed by atoms with E-state index in [0.717, 1.165) is 37.8 Å². The third-order valence-corrected chi connectivity index (χ3v) is 8.17. The maximum atomic E-state index is 12.9. The van der Waals surface area contributed by atoms with Crippen molar-refractivity contribution in [3.63, 3.8) is 0 Å². The molecule has 3 aliphatic rings. The predicted octanol–water partition coefficient (Wildman–Crippen LogP) is 4.26. The molecule has 5 heteroatoms. The fourth-order valence-corrected chi connectivity index (χ4v) is 6.89. The van der Waals surface area contributed by atoms with E-state index in [-0.39, 0.29) is 33.9 Å². The van der Waals surface area contributed by atoms with E-state index in [9.17, 15) is 14.7 Å². The Labute approximate surface area is 176 Å². The van der Waals surface area contributed by atoms with Crippen LogP contribution in [-0.2, 0) is 9.59 Å². The number of allylic oxidation sites excluding steroid dienone is 2. The van der Waals surface area contributed by atoms with Gasteiger partial charge in [0.1, 0.15) is 0 Å². The number of carbonyl (C=O) groups is 2. The van der Waals surface area contributed by atoms with Gasteiger partial charge in [-0.05, 0) is 61.2 Å². The van der Waals surface area contributed by atoms with Crippen molar-refractivity contribution in [2.24, 2.45) is 28.1 Å². The van der Waals surface area contributed by atoms with Crippen LogP contribution in [0.4, 0.5) is 0 Å². The molecule has 0 bridgehead atoms. The summed E-state index contributed by atoms with van der Waals surface area (Å²) in [4.78, 5) is 24.8. The molecule has 2 saturated carbocycles. The van der Waals surface area contributed by atoms with Crippen LogP contribution in [0, 0.1) is 28.1 Å². The van der Waals surface area contributed by atoms with E-state index in [1.54, 1.807) is 6.08 Å². The molecule has 0 aromatic heterocycles. The lowest BCUT2D eigenvalue weighted by atomic mass is 9.45. The molecule has 164 valence electrons. The Balaban J connectivity index is 1.70. The van der Waals surface area contributed by atoms with Gasteiger partial charge in [-0.2, -0.15) is 0 Å². The number of carbonyl (C=O) groups excluding carboxylic acids is 2. The summed E-state index contributed by atoms with van der Waals surface area (Å²) in [5, 5.41) is 11.2. The first kappa shape index (κ1) is 22.3. The zero-order valence-electron chi connectivity index (χ0n) is 19.2. The zero-order valence-corrected chi connectivity index (χ0v) is 19.2. The number of amides is 1. The Bertz CT molecular complexity index is 707. The van der Waals surface area contributed by atoms with Gasteiger partial charge in [0.25, 0.3) is 0 Å². The van der Waals surface area contributed by atoms with Gasteiger partial charge in [-0.3, -0.25) is 15.0 Å². The standard InChI is InChI=1S/C24H40N2O3/c1-21(2)14-16(12-17(27)15-21)25-26-20(28)13-19-23(5)10-7-9-22(3,4)18(23)8-11-24(19,6)29/h12,18-19,25,29H,7-11,13-15H2,1-6H3,(H,26,28)/t18-,19-,23+,24-/m1/s1. The minimum absolute atomic E-state index is 0.0388. The molecule has 0 aliphatic heterocycles. The van der Waals surface area contributed by atoms with Gasteiger partial charge in [0.05, 0.1) is 5.60 Å². The lowest BCUT2D eigenvalue weighted by molar-refractivity contribution is -0.173. The lowest BCUT2D eigenvalue weighted by Crippen LogP contribution is -2.58. The minimum Gasteiger partial charge on any atom is -0.390 e. The summed E-state index contributed by atoms with van der Waals surface area (Å²) < 4.78 is 0. The quantitative estimate of drug-likeness (QED) is 0.612. The molecule has 0 heterocycles. The zero-order chi connectivity index (χ0) is 21.7. The maximum absolute atomic E-state index is 12.9. The summed E-state index contributed by atoms with van der Waals surface area (Å²) in [6.07, 6.45) is 8.37. The number of ketones is 1. The number of hydrazine groups is 1. The molecule has 0 saturated heterocycles. The second-order valence-corrected chi connectivity index (χ2v) is 11.9. The van der Waals surface area contributed by atoms with Crippen molar-refractivity contribution in [1.29, 1.82) is 0 Å². The van der Waals surface area contributed by atoms with Crippen LogP contribution in [0.1, 0.15) is 92.9 Å². The number of fused-ring (bicyclic) bond motifs is 1. The first-order chi connectivity index (χ1) is 13.3. The molecule has 0 aromatic carbocycles. The van der Waals surface area contributed by atoms with Crippen molar-refractivity contribution in [2.45, 2.75) is 98.5 Å². The van der Waals surface area contributed by atoms with Crippen molar-refractivity contribution in [1.82, 2.24) is 10.9 Å². The van der Waals surface area contributed by atoms with Crippen molar-refractivity contribution in [2.75, 3.05) is 0 Å². The summed E-state index contributed by atoms with van der Waals surface area (Å²) in [6, 6.07) is 0. The van der Waals surface area contributed by atoms with E-state index < -0.39 is 5.60 Å². The number of aliphatic hydroxyl groups is 1. The summed E-state index contributed by atoms with van der Waals surface area (Å²) in [7, 11) is 0. The first-order valence-electron chi connectivity index (χ1n) is 11.3. The summed E-state index contributed by atoms with van der Waals surface area (Å²) in [6.45, 7) is 13.0. The molecular formula is C24H40N2O3. The van der Waals surface area contributed by atoms with Gasteiger partial charge in [-0.25, -0.2) is 0 Å². The van der Waals surface area contributed by atoms with Crippen LogP contribution < -0.4 is 10.9 Å². The van der Waals surface area contributed by atoms with Crippen LogP contribution in [0.15, 0.2) is 11.8 Å². The van der Waals surface area contributed by atoms with Gasteiger partial charge >= 0.3 is 0 Å². The van der Waals surface area contributed by atoms with E-state index in [0.29, 0.717) is 18.8 Å². The first-order valence-corrected chi connectivity index (χ1v) is 11.3. The molecule has 2 fully saturated rings. The third kappa shape index (κ3) is 4.55. The van der Waals surface area contributed by atoms with Crippen LogP contribution in [0.25, 0.3) is 0 Å². The monoisotopic (exact) mass is 404 g/mol. The number of nitrogens with one attached hydrogen (secondary N) is 2. The molecule has 0 spiro atoms. The van der Waals surface area contributed by atoms with Gasteiger partial charge in [0.15, 0.2) is 5.78 Å². The van der Waals surface area contributed by atoms with Crippen molar-refractivity contribution in [3.05, 3.63) is 11.8 Å². The molecule has 4 atom stereocenters. The normalized spacial score (nSPS) is 38.6. The third-order valence-electron chi connectivity index (χ3n) is 8.17. The Kier molecular flexibility index (Phi) is 5.70. The Morgan fingerprint density at radius 3 is 2.45 bits per heavy atom. The smallest absolute Gasteiger partial charge is 0.238 e. The number of hydrogen-bond donors (Lipinski definition) is 3. The SMILES string of the molecule is CC1(C)CC(=O)C=C(NNC(=O)C[C@@H]2[C@@]3(C)CCCC(C)(C)[C@H]3CC[C@@]2(C)O)C1. The van der Waals surface area contributed by atoms with E-state index in [1.165, 1.54) is 6.42 Å². The highest BCUT2D eigenvalue weighted by molar-refractivity contribution is 5.91. The number of rotatable bonds is 4. The molecule has 3 N–H and O–H groups in total. The predicted molar refractivity (Wildman–Crippen MR) is 115 cm³/mol. The average Bonchev–Trinajstić information content (AvgIpc) is 2.53. The van der Waals surface area contributed by atoms with Gasteiger partial charge in [-0.1, -0.05) is 41.0 Å². The highest BCUT2D eigenvalue weighted by atomic mass is 16.3. The van der Waals surface area contributed by atoms with Crippen LogP contribution in [0.3, 0.4) is 0 Å². The summed E-state index contributed by atoms with van der Waals surface area (Å²) in [5.74, 6) is 0.424. The summed E-state index contributed by atoms with van der Waals surface area (Å²) in [5.41, 5.74) is 5.83. The highest BCUT2D eigenvalue weighted by Crippen LogP contribution is 2.62. The van der Waals surface area contributed by atoms with E-state index in [2.05, 4.69) is 45.5 Å². The topological polar surface area (TPSA) is 78.4 Å². The lowest BCUT2D eigenvalue weighted by Gasteiger charge is -2.61. The molecular weight excluding hydrogens is 364 g/mol. The molecule has 5 nitrogen and oxygen atoms in total. The number of hydrogen-bond acceptors (Lipinski definition) is 4. The molecule has 3 rings (SSSR count). The van der Waals surface area contributed by atoms with E-state index in [1.807, 2.05) is 6.92 Å². The van der Waals surface area contributed by atoms with Gasteiger partial charge < -0.3 is 10.5 Å². The van der Waals surface area contributed by atoms with Crippen molar-refractivity contribution < 1.29 is 14.7 Å². The average molecular weight is 405 g/mol. The van der Waals surface area contributed by atoms with E-state index in [4.69, 9.17) is 0 Å². The fourth-order valence-electron chi connectivity index (χ4n) is 6.89. The Morgan fingerprint density at radius 1 is 1.10 bits per heavy atom. The molecule has 29 heavy (non-hydrogen) atoms. The highest BCUT2D eigenvalue weighted by Gasteiger charge is 2.58. The Morgan fingerprint density at radius 2 is 1.79 bits per heavy atom. The van der Waals surface area contributed by atoms with Crippen LogP contribution >= 0.6 is 0 Å².